The lowest BCUT2D eigenvalue weighted by atomic mass is 9.99. The Hall–Kier alpha value is -2.47. The molecule has 6 heteroatoms. The predicted molar refractivity (Wildman–Crippen MR) is 118 cm³/mol. The molecule has 5 rings (SSSR count). The fourth-order valence-corrected chi connectivity index (χ4v) is 5.80. The average molecular weight is 407 g/mol. The molecule has 1 unspecified atom stereocenters. The van der Waals surface area contributed by atoms with Gasteiger partial charge in [-0.05, 0) is 48.8 Å². The van der Waals surface area contributed by atoms with Gasteiger partial charge in [0, 0.05) is 26.2 Å². The van der Waals surface area contributed by atoms with Gasteiger partial charge in [0.1, 0.15) is 17.0 Å². The van der Waals surface area contributed by atoms with Crippen LogP contribution in [0.4, 0.5) is 5.82 Å². The van der Waals surface area contributed by atoms with Gasteiger partial charge in [-0.15, -0.1) is 11.3 Å². The molecular formula is C23H26N4OS. The van der Waals surface area contributed by atoms with E-state index in [4.69, 9.17) is 0 Å². The highest BCUT2D eigenvalue weighted by atomic mass is 32.1. The number of hydrogen-bond donors (Lipinski definition) is 0. The van der Waals surface area contributed by atoms with E-state index in [1.165, 1.54) is 28.9 Å². The number of piperidine rings is 1. The van der Waals surface area contributed by atoms with Crippen molar-refractivity contribution in [2.24, 2.45) is 5.92 Å². The number of amides is 1. The highest BCUT2D eigenvalue weighted by Crippen LogP contribution is 2.37. The topological polar surface area (TPSA) is 49.3 Å². The standard InChI is InChI=1S/C23H26N4OS/c1-15-6-5-10-27(12-15)23(28)20-16(2)19-21(24-14-25-22(19)29-20)26-11-9-17-7-3-4-8-18(17)13-26/h3-4,7-8,14-15H,5-6,9-13H2,1-2H3. The number of likely N-dealkylation sites (tertiary alicyclic amines) is 1. The maximum absolute atomic E-state index is 13.3. The Kier molecular flexibility index (Phi) is 4.74. The van der Waals surface area contributed by atoms with Crippen molar-refractivity contribution in [3.05, 3.63) is 52.2 Å². The zero-order valence-corrected chi connectivity index (χ0v) is 17.8. The Bertz CT molecular complexity index is 1080. The zero-order chi connectivity index (χ0) is 20.0. The number of rotatable bonds is 2. The van der Waals surface area contributed by atoms with Crippen molar-refractivity contribution in [1.82, 2.24) is 14.9 Å². The first-order valence-corrected chi connectivity index (χ1v) is 11.3. The summed E-state index contributed by atoms with van der Waals surface area (Å²) >= 11 is 1.52. The third-order valence-electron chi connectivity index (χ3n) is 6.28. The second-order valence-corrected chi connectivity index (χ2v) is 9.37. The Morgan fingerprint density at radius 1 is 1.17 bits per heavy atom. The molecule has 0 bridgehead atoms. The van der Waals surface area contributed by atoms with Gasteiger partial charge in [0.2, 0.25) is 0 Å². The molecule has 1 amide bonds. The van der Waals surface area contributed by atoms with Gasteiger partial charge in [0.15, 0.2) is 0 Å². The van der Waals surface area contributed by atoms with Crippen LogP contribution in [0.15, 0.2) is 30.6 Å². The van der Waals surface area contributed by atoms with Crippen LogP contribution in [0.3, 0.4) is 0 Å². The van der Waals surface area contributed by atoms with Gasteiger partial charge in [-0.3, -0.25) is 4.79 Å². The maximum atomic E-state index is 13.3. The monoisotopic (exact) mass is 406 g/mol. The molecular weight excluding hydrogens is 380 g/mol. The number of aryl methyl sites for hydroxylation is 1. The minimum absolute atomic E-state index is 0.159. The van der Waals surface area contributed by atoms with Gasteiger partial charge in [-0.2, -0.15) is 0 Å². The molecule has 1 fully saturated rings. The fraction of sp³-hybridized carbons (Fsp3) is 0.435. The number of benzene rings is 1. The van der Waals surface area contributed by atoms with E-state index < -0.39 is 0 Å². The molecule has 0 aliphatic carbocycles. The van der Waals surface area contributed by atoms with Crippen LogP contribution in [0.2, 0.25) is 0 Å². The Balaban J connectivity index is 1.51. The minimum atomic E-state index is 0.159. The van der Waals surface area contributed by atoms with E-state index in [0.29, 0.717) is 5.92 Å². The first-order valence-electron chi connectivity index (χ1n) is 10.5. The largest absolute Gasteiger partial charge is 0.351 e. The summed E-state index contributed by atoms with van der Waals surface area (Å²) in [6.45, 7) is 7.79. The molecule has 1 atom stereocenters. The lowest BCUT2D eigenvalue weighted by Gasteiger charge is -2.31. The second-order valence-electron chi connectivity index (χ2n) is 8.37. The van der Waals surface area contributed by atoms with E-state index in [9.17, 15) is 4.79 Å². The molecule has 2 aromatic heterocycles. The molecule has 1 saturated heterocycles. The van der Waals surface area contributed by atoms with Gasteiger partial charge < -0.3 is 9.80 Å². The molecule has 0 saturated carbocycles. The summed E-state index contributed by atoms with van der Waals surface area (Å²) in [5, 5.41) is 1.05. The molecule has 2 aliphatic heterocycles. The first-order chi connectivity index (χ1) is 14.1. The van der Waals surface area contributed by atoms with Crippen molar-refractivity contribution >= 4 is 33.3 Å². The van der Waals surface area contributed by atoms with Gasteiger partial charge in [-0.25, -0.2) is 9.97 Å². The molecule has 29 heavy (non-hydrogen) atoms. The van der Waals surface area contributed by atoms with Crippen LogP contribution in [0.5, 0.6) is 0 Å². The number of aromatic nitrogens is 2. The van der Waals surface area contributed by atoms with Crippen molar-refractivity contribution < 1.29 is 4.79 Å². The quantitative estimate of drug-likeness (QED) is 0.632. The van der Waals surface area contributed by atoms with Crippen molar-refractivity contribution in [1.29, 1.82) is 0 Å². The molecule has 0 spiro atoms. The number of carbonyl (C=O) groups excluding carboxylic acids is 1. The summed E-state index contributed by atoms with van der Waals surface area (Å²) in [5.41, 5.74) is 3.81. The number of anilines is 1. The van der Waals surface area contributed by atoms with Crippen molar-refractivity contribution in [2.75, 3.05) is 24.5 Å². The first kappa shape index (κ1) is 18.6. The molecule has 2 aliphatic rings. The van der Waals surface area contributed by atoms with Crippen molar-refractivity contribution in [3.8, 4) is 0 Å². The number of fused-ring (bicyclic) bond motifs is 2. The summed E-state index contributed by atoms with van der Waals surface area (Å²) in [6, 6.07) is 8.63. The number of nitrogens with zero attached hydrogens (tertiary/aromatic N) is 4. The number of thiophene rings is 1. The van der Waals surface area contributed by atoms with Crippen molar-refractivity contribution in [3.63, 3.8) is 0 Å². The zero-order valence-electron chi connectivity index (χ0n) is 17.0. The Morgan fingerprint density at radius 2 is 2.00 bits per heavy atom. The number of hydrogen-bond acceptors (Lipinski definition) is 5. The SMILES string of the molecule is Cc1c(C(=O)N2CCCC(C)C2)sc2ncnc(N3CCc4ccccc4C3)c12. The van der Waals surface area contributed by atoms with E-state index in [-0.39, 0.29) is 5.91 Å². The lowest BCUT2D eigenvalue weighted by molar-refractivity contribution is 0.0687. The molecule has 3 aromatic rings. The normalized spacial score (nSPS) is 19.4. The molecule has 150 valence electrons. The molecule has 5 nitrogen and oxygen atoms in total. The molecule has 0 radical (unpaired) electrons. The van der Waals surface area contributed by atoms with Crippen LogP contribution >= 0.6 is 11.3 Å². The van der Waals surface area contributed by atoms with Crippen LogP contribution in [-0.2, 0) is 13.0 Å². The fourth-order valence-electron chi connectivity index (χ4n) is 4.69. The summed E-state index contributed by atoms with van der Waals surface area (Å²) in [4.78, 5) is 28.5. The summed E-state index contributed by atoms with van der Waals surface area (Å²) in [6.07, 6.45) is 4.96. The van der Waals surface area contributed by atoms with Gasteiger partial charge in [0.25, 0.3) is 5.91 Å². The van der Waals surface area contributed by atoms with Crippen LogP contribution in [0.25, 0.3) is 10.2 Å². The summed E-state index contributed by atoms with van der Waals surface area (Å²) < 4.78 is 0. The highest BCUT2D eigenvalue weighted by molar-refractivity contribution is 7.20. The third kappa shape index (κ3) is 3.29. The lowest BCUT2D eigenvalue weighted by Crippen LogP contribution is -2.39. The van der Waals surface area contributed by atoms with E-state index in [0.717, 1.165) is 65.5 Å². The smallest absolute Gasteiger partial charge is 0.264 e. The van der Waals surface area contributed by atoms with E-state index in [2.05, 4.69) is 53.0 Å². The molecule has 1 aromatic carbocycles. The van der Waals surface area contributed by atoms with E-state index in [1.54, 1.807) is 6.33 Å². The summed E-state index contributed by atoms with van der Waals surface area (Å²) in [5.74, 6) is 1.70. The van der Waals surface area contributed by atoms with Gasteiger partial charge >= 0.3 is 0 Å². The Labute approximate surface area is 175 Å². The van der Waals surface area contributed by atoms with Crippen LogP contribution in [0.1, 0.15) is 46.1 Å². The predicted octanol–water partition coefficient (Wildman–Crippen LogP) is 4.43. The summed E-state index contributed by atoms with van der Waals surface area (Å²) in [7, 11) is 0. The van der Waals surface area contributed by atoms with Crippen LogP contribution in [0, 0.1) is 12.8 Å². The average Bonchev–Trinajstić information content (AvgIpc) is 3.09. The molecule has 0 N–H and O–H groups in total. The highest BCUT2D eigenvalue weighted by Gasteiger charge is 2.28. The maximum Gasteiger partial charge on any atom is 0.264 e. The van der Waals surface area contributed by atoms with Gasteiger partial charge in [0.05, 0.1) is 10.3 Å². The molecule has 4 heterocycles. The van der Waals surface area contributed by atoms with E-state index >= 15 is 0 Å². The third-order valence-corrected chi connectivity index (χ3v) is 7.46. The van der Waals surface area contributed by atoms with Crippen LogP contribution in [-0.4, -0.2) is 40.4 Å². The second kappa shape index (κ2) is 7.41. The Morgan fingerprint density at radius 3 is 2.83 bits per heavy atom. The van der Waals surface area contributed by atoms with Gasteiger partial charge in [-0.1, -0.05) is 31.2 Å². The van der Waals surface area contributed by atoms with Crippen molar-refractivity contribution in [2.45, 2.75) is 39.7 Å². The van der Waals surface area contributed by atoms with Crippen LogP contribution < -0.4 is 4.90 Å². The minimum Gasteiger partial charge on any atom is -0.351 e. The van der Waals surface area contributed by atoms with E-state index in [1.807, 2.05) is 4.90 Å². The number of carbonyl (C=O) groups is 1.